The van der Waals surface area contributed by atoms with Crippen molar-refractivity contribution in [2.24, 2.45) is 11.3 Å². The molecule has 0 aromatic rings. The molecule has 0 radical (unpaired) electrons. The van der Waals surface area contributed by atoms with E-state index in [4.69, 9.17) is 0 Å². The molecule has 0 aromatic heterocycles. The standard InChI is InChI=1S/C13H28N2S/c1-11(10-16-5)8-15-7-6-14-12(9-15)13(2,3)4/h11-12,14H,6-10H2,1-5H3. The highest BCUT2D eigenvalue weighted by Gasteiger charge is 2.29. The van der Waals surface area contributed by atoms with Crippen LogP contribution < -0.4 is 5.32 Å². The largest absolute Gasteiger partial charge is 0.311 e. The Balaban J connectivity index is 2.39. The first kappa shape index (κ1) is 14.3. The molecule has 1 fully saturated rings. The Kier molecular flexibility index (Phi) is 5.62. The van der Waals surface area contributed by atoms with Gasteiger partial charge < -0.3 is 10.2 Å². The predicted molar refractivity (Wildman–Crippen MR) is 75.2 cm³/mol. The molecule has 0 amide bonds. The maximum atomic E-state index is 3.65. The quantitative estimate of drug-likeness (QED) is 0.817. The average Bonchev–Trinajstić information content (AvgIpc) is 2.17. The maximum absolute atomic E-state index is 3.65. The summed E-state index contributed by atoms with van der Waals surface area (Å²) in [5.41, 5.74) is 0.376. The third kappa shape index (κ3) is 4.64. The smallest absolute Gasteiger partial charge is 0.0244 e. The molecule has 16 heavy (non-hydrogen) atoms. The fraction of sp³-hybridized carbons (Fsp3) is 1.00. The lowest BCUT2D eigenvalue weighted by molar-refractivity contribution is 0.125. The summed E-state index contributed by atoms with van der Waals surface area (Å²) in [6.07, 6.45) is 2.20. The Hall–Kier alpha value is 0.270. The van der Waals surface area contributed by atoms with Gasteiger partial charge in [-0.25, -0.2) is 0 Å². The molecule has 1 saturated heterocycles. The lowest BCUT2D eigenvalue weighted by Gasteiger charge is -2.41. The van der Waals surface area contributed by atoms with Crippen molar-refractivity contribution >= 4 is 11.8 Å². The van der Waals surface area contributed by atoms with E-state index in [9.17, 15) is 0 Å². The van der Waals surface area contributed by atoms with Crippen molar-refractivity contribution in [2.75, 3.05) is 38.2 Å². The third-order valence-electron chi connectivity index (χ3n) is 3.33. The summed E-state index contributed by atoms with van der Waals surface area (Å²) in [6.45, 7) is 14.2. The van der Waals surface area contributed by atoms with Crippen LogP contribution in [0.3, 0.4) is 0 Å². The van der Waals surface area contributed by atoms with Gasteiger partial charge in [-0.15, -0.1) is 0 Å². The van der Waals surface area contributed by atoms with Gasteiger partial charge in [0.05, 0.1) is 0 Å². The van der Waals surface area contributed by atoms with Gasteiger partial charge in [0.2, 0.25) is 0 Å². The zero-order chi connectivity index (χ0) is 12.2. The number of piperazine rings is 1. The third-order valence-corrected chi connectivity index (χ3v) is 4.23. The highest BCUT2D eigenvalue weighted by molar-refractivity contribution is 7.98. The summed E-state index contributed by atoms with van der Waals surface area (Å²) in [6, 6.07) is 0.641. The minimum absolute atomic E-state index is 0.376. The Morgan fingerprint density at radius 3 is 2.69 bits per heavy atom. The first-order chi connectivity index (χ1) is 7.43. The minimum atomic E-state index is 0.376. The van der Waals surface area contributed by atoms with Crippen molar-refractivity contribution in [2.45, 2.75) is 33.7 Å². The van der Waals surface area contributed by atoms with Crippen molar-refractivity contribution in [1.29, 1.82) is 0 Å². The van der Waals surface area contributed by atoms with Crippen LogP contribution in [-0.4, -0.2) is 49.1 Å². The van der Waals surface area contributed by atoms with Crippen LogP contribution >= 0.6 is 11.8 Å². The number of nitrogens with one attached hydrogen (secondary N) is 1. The second-order valence-electron chi connectivity index (χ2n) is 6.19. The summed E-state index contributed by atoms with van der Waals surface area (Å²) in [5.74, 6) is 2.10. The Labute approximate surface area is 106 Å². The van der Waals surface area contributed by atoms with Crippen molar-refractivity contribution in [3.63, 3.8) is 0 Å². The monoisotopic (exact) mass is 244 g/mol. The first-order valence-electron chi connectivity index (χ1n) is 6.38. The van der Waals surface area contributed by atoms with Gasteiger partial charge in [0, 0.05) is 32.2 Å². The molecule has 0 spiro atoms. The molecule has 0 bridgehead atoms. The van der Waals surface area contributed by atoms with Crippen LogP contribution in [0.25, 0.3) is 0 Å². The summed E-state index contributed by atoms with van der Waals surface area (Å²) >= 11 is 1.96. The zero-order valence-corrected chi connectivity index (χ0v) is 12.4. The highest BCUT2D eigenvalue weighted by Crippen LogP contribution is 2.22. The predicted octanol–water partition coefficient (Wildman–Crippen LogP) is 2.31. The SMILES string of the molecule is CSCC(C)CN1CCNC(C(C)(C)C)C1. The topological polar surface area (TPSA) is 15.3 Å². The van der Waals surface area contributed by atoms with Gasteiger partial charge in [0.25, 0.3) is 0 Å². The summed E-state index contributed by atoms with van der Waals surface area (Å²) in [4.78, 5) is 2.63. The van der Waals surface area contributed by atoms with E-state index in [1.54, 1.807) is 0 Å². The van der Waals surface area contributed by atoms with E-state index < -0.39 is 0 Å². The fourth-order valence-corrected chi connectivity index (χ4v) is 3.01. The van der Waals surface area contributed by atoms with E-state index in [1.807, 2.05) is 11.8 Å². The molecule has 0 aliphatic carbocycles. The van der Waals surface area contributed by atoms with E-state index in [-0.39, 0.29) is 0 Å². The molecular formula is C13H28N2S. The van der Waals surface area contributed by atoms with Gasteiger partial charge in [-0.05, 0) is 23.3 Å². The van der Waals surface area contributed by atoms with Crippen LogP contribution in [0, 0.1) is 11.3 Å². The van der Waals surface area contributed by atoms with E-state index in [0.717, 1.165) is 12.5 Å². The number of nitrogens with zero attached hydrogens (tertiary/aromatic N) is 1. The molecule has 1 heterocycles. The lowest BCUT2D eigenvalue weighted by Crippen LogP contribution is -2.56. The number of hydrogen-bond donors (Lipinski definition) is 1. The molecule has 0 aromatic carbocycles. The van der Waals surface area contributed by atoms with Crippen molar-refractivity contribution in [3.8, 4) is 0 Å². The Morgan fingerprint density at radius 2 is 2.12 bits per heavy atom. The summed E-state index contributed by atoms with van der Waals surface area (Å²) < 4.78 is 0. The Morgan fingerprint density at radius 1 is 1.44 bits per heavy atom. The molecule has 2 unspecified atom stereocenters. The van der Waals surface area contributed by atoms with Gasteiger partial charge in [0.15, 0.2) is 0 Å². The van der Waals surface area contributed by atoms with Crippen LogP contribution in [0.15, 0.2) is 0 Å². The molecule has 2 nitrogen and oxygen atoms in total. The van der Waals surface area contributed by atoms with Crippen molar-refractivity contribution < 1.29 is 0 Å². The number of hydrogen-bond acceptors (Lipinski definition) is 3. The van der Waals surface area contributed by atoms with Gasteiger partial charge in [-0.2, -0.15) is 11.8 Å². The van der Waals surface area contributed by atoms with Crippen LogP contribution in [-0.2, 0) is 0 Å². The van der Waals surface area contributed by atoms with Gasteiger partial charge >= 0.3 is 0 Å². The minimum Gasteiger partial charge on any atom is -0.311 e. The molecule has 1 aliphatic heterocycles. The van der Waals surface area contributed by atoms with Gasteiger partial charge in [0.1, 0.15) is 0 Å². The van der Waals surface area contributed by atoms with Crippen molar-refractivity contribution in [3.05, 3.63) is 0 Å². The van der Waals surface area contributed by atoms with Gasteiger partial charge in [-0.3, -0.25) is 0 Å². The summed E-state index contributed by atoms with van der Waals surface area (Å²) in [5, 5.41) is 3.65. The molecule has 96 valence electrons. The molecule has 1 rings (SSSR count). The number of thioether (sulfide) groups is 1. The van der Waals surface area contributed by atoms with Gasteiger partial charge in [-0.1, -0.05) is 27.7 Å². The van der Waals surface area contributed by atoms with Crippen LogP contribution in [0.1, 0.15) is 27.7 Å². The maximum Gasteiger partial charge on any atom is 0.0244 e. The Bertz CT molecular complexity index is 201. The van der Waals surface area contributed by atoms with Crippen LogP contribution in [0.5, 0.6) is 0 Å². The normalized spacial score (nSPS) is 25.7. The molecule has 2 atom stereocenters. The second-order valence-corrected chi connectivity index (χ2v) is 7.10. The molecule has 3 heteroatoms. The second kappa shape index (κ2) is 6.27. The van der Waals surface area contributed by atoms with E-state index >= 15 is 0 Å². The van der Waals surface area contributed by atoms with Crippen LogP contribution in [0.4, 0.5) is 0 Å². The van der Waals surface area contributed by atoms with E-state index in [1.165, 1.54) is 25.4 Å². The fourth-order valence-electron chi connectivity index (χ4n) is 2.33. The highest BCUT2D eigenvalue weighted by atomic mass is 32.2. The summed E-state index contributed by atoms with van der Waals surface area (Å²) in [7, 11) is 0. The van der Waals surface area contributed by atoms with Crippen molar-refractivity contribution in [1.82, 2.24) is 10.2 Å². The van der Waals surface area contributed by atoms with E-state index in [0.29, 0.717) is 11.5 Å². The average molecular weight is 244 g/mol. The van der Waals surface area contributed by atoms with E-state index in [2.05, 4.69) is 44.2 Å². The molecule has 0 saturated carbocycles. The van der Waals surface area contributed by atoms with Crippen LogP contribution in [0.2, 0.25) is 0 Å². The molecule has 1 aliphatic rings. The lowest BCUT2D eigenvalue weighted by atomic mass is 9.85. The molecular weight excluding hydrogens is 216 g/mol. The number of rotatable bonds is 4. The molecule has 1 N–H and O–H groups in total. The zero-order valence-electron chi connectivity index (χ0n) is 11.5. The first-order valence-corrected chi connectivity index (χ1v) is 7.77.